The minimum atomic E-state index is -3.51. The molecule has 8 heteroatoms. The van der Waals surface area contributed by atoms with Crippen molar-refractivity contribution < 1.29 is 13.5 Å². The van der Waals surface area contributed by atoms with E-state index < -0.39 is 10.0 Å². The molecule has 22 heavy (non-hydrogen) atoms. The third-order valence-corrected chi connectivity index (χ3v) is 6.02. The molecule has 2 heterocycles. The Morgan fingerprint density at radius 3 is 2.41 bits per heavy atom. The molecule has 1 aromatic rings. The smallest absolute Gasteiger partial charge is 0.260 e. The molecule has 1 fully saturated rings. The average Bonchev–Trinajstić information content (AvgIpc) is 3.00. The second-order valence-corrected chi connectivity index (χ2v) is 7.88. The predicted octanol–water partition coefficient (Wildman–Crippen LogP) is 0.610. The van der Waals surface area contributed by atoms with E-state index in [9.17, 15) is 13.5 Å². The number of aromatic nitrogens is 2. The van der Waals surface area contributed by atoms with Crippen LogP contribution in [0.15, 0.2) is 11.2 Å². The fourth-order valence-electron chi connectivity index (χ4n) is 2.69. The Morgan fingerprint density at radius 2 is 1.95 bits per heavy atom. The first kappa shape index (κ1) is 17.4. The zero-order valence-electron chi connectivity index (χ0n) is 13.5. The topological polar surface area (TPSA) is 89.5 Å². The van der Waals surface area contributed by atoms with Crippen LogP contribution in [0.1, 0.15) is 38.9 Å². The van der Waals surface area contributed by atoms with Gasteiger partial charge in [0.2, 0.25) is 0 Å². The maximum absolute atomic E-state index is 12.6. The maximum Gasteiger partial charge on any atom is 0.260 e. The highest BCUT2D eigenvalue weighted by atomic mass is 32.2. The molecule has 0 aromatic carbocycles. The van der Waals surface area contributed by atoms with Crippen LogP contribution in [0.3, 0.4) is 0 Å². The highest BCUT2D eigenvalue weighted by molar-refractivity contribution is 7.89. The SMILES string of the molecule is CCC(CO)N1CCN(S(=O)(=O)c2cnc(C(C)C)[nH]2)CC1. The van der Waals surface area contributed by atoms with Crippen molar-refractivity contribution in [3.05, 3.63) is 12.0 Å². The van der Waals surface area contributed by atoms with Crippen molar-refractivity contribution in [2.24, 2.45) is 0 Å². The van der Waals surface area contributed by atoms with Crippen molar-refractivity contribution in [3.8, 4) is 0 Å². The van der Waals surface area contributed by atoms with E-state index in [0.717, 1.165) is 6.42 Å². The first-order valence-corrected chi connectivity index (χ1v) is 9.24. The normalized spacial score (nSPS) is 19.7. The number of sulfonamides is 1. The maximum atomic E-state index is 12.6. The summed E-state index contributed by atoms with van der Waals surface area (Å²) < 4.78 is 26.7. The quantitative estimate of drug-likeness (QED) is 0.798. The van der Waals surface area contributed by atoms with E-state index in [-0.39, 0.29) is 23.6 Å². The number of rotatable bonds is 6. The van der Waals surface area contributed by atoms with Crippen LogP contribution in [-0.4, -0.2) is 71.5 Å². The monoisotopic (exact) mass is 330 g/mol. The van der Waals surface area contributed by atoms with Crippen LogP contribution >= 0.6 is 0 Å². The molecule has 0 radical (unpaired) electrons. The molecule has 1 atom stereocenters. The number of H-pyrrole nitrogens is 1. The van der Waals surface area contributed by atoms with Gasteiger partial charge in [0.25, 0.3) is 10.0 Å². The molecule has 0 aliphatic carbocycles. The number of aromatic amines is 1. The Bertz CT molecular complexity index is 573. The second-order valence-electron chi connectivity index (χ2n) is 5.97. The number of nitrogens with zero attached hydrogens (tertiary/aromatic N) is 3. The molecule has 1 aliphatic heterocycles. The van der Waals surface area contributed by atoms with Gasteiger partial charge in [0.15, 0.2) is 5.03 Å². The molecule has 1 aromatic heterocycles. The fraction of sp³-hybridized carbons (Fsp3) is 0.786. The molecule has 0 saturated carbocycles. The highest BCUT2D eigenvalue weighted by Crippen LogP contribution is 2.19. The van der Waals surface area contributed by atoms with Crippen LogP contribution in [0.4, 0.5) is 0 Å². The highest BCUT2D eigenvalue weighted by Gasteiger charge is 2.31. The summed E-state index contributed by atoms with van der Waals surface area (Å²) >= 11 is 0. The third-order valence-electron chi connectivity index (χ3n) is 4.21. The standard InChI is InChI=1S/C14H26N4O3S/c1-4-12(10-19)17-5-7-18(8-6-17)22(20,21)13-9-15-14(16-13)11(2)3/h9,11-12,19H,4-8,10H2,1-3H3,(H,15,16). The minimum absolute atomic E-state index is 0.113. The van der Waals surface area contributed by atoms with Gasteiger partial charge in [-0.3, -0.25) is 4.90 Å². The summed E-state index contributed by atoms with van der Waals surface area (Å²) in [4.78, 5) is 9.21. The first-order valence-electron chi connectivity index (χ1n) is 7.80. The molecule has 1 saturated heterocycles. The fourth-order valence-corrected chi connectivity index (χ4v) is 4.04. The number of piperazine rings is 1. The summed E-state index contributed by atoms with van der Waals surface area (Å²) in [5, 5.41) is 9.52. The molecule has 7 nitrogen and oxygen atoms in total. The average molecular weight is 330 g/mol. The van der Waals surface area contributed by atoms with Crippen molar-refractivity contribution in [1.82, 2.24) is 19.2 Å². The summed E-state index contributed by atoms with van der Waals surface area (Å²) in [6.07, 6.45) is 2.27. The van der Waals surface area contributed by atoms with Crippen LogP contribution in [0.5, 0.6) is 0 Å². The van der Waals surface area contributed by atoms with E-state index in [1.165, 1.54) is 10.5 Å². The number of aliphatic hydroxyl groups is 1. The molecule has 2 rings (SSSR count). The van der Waals surface area contributed by atoms with Gasteiger partial charge in [-0.05, 0) is 6.42 Å². The lowest BCUT2D eigenvalue weighted by Crippen LogP contribution is -2.52. The van der Waals surface area contributed by atoms with E-state index in [2.05, 4.69) is 14.9 Å². The van der Waals surface area contributed by atoms with Gasteiger partial charge in [0, 0.05) is 38.1 Å². The molecular formula is C14H26N4O3S. The third kappa shape index (κ3) is 3.51. The van der Waals surface area contributed by atoms with Crippen LogP contribution in [0, 0.1) is 0 Å². The first-order chi connectivity index (χ1) is 10.4. The summed E-state index contributed by atoms with van der Waals surface area (Å²) in [6.45, 7) is 8.24. The van der Waals surface area contributed by atoms with Crippen molar-refractivity contribution in [2.45, 2.75) is 44.2 Å². The number of imidazole rings is 1. The number of hydrogen-bond acceptors (Lipinski definition) is 5. The lowest BCUT2D eigenvalue weighted by Gasteiger charge is -2.37. The van der Waals surface area contributed by atoms with Crippen molar-refractivity contribution in [3.63, 3.8) is 0 Å². The van der Waals surface area contributed by atoms with Crippen LogP contribution in [0.2, 0.25) is 0 Å². The van der Waals surface area contributed by atoms with Gasteiger partial charge in [-0.15, -0.1) is 0 Å². The number of aliphatic hydroxyl groups excluding tert-OH is 1. The van der Waals surface area contributed by atoms with E-state index in [0.29, 0.717) is 32.0 Å². The summed E-state index contributed by atoms with van der Waals surface area (Å²) in [6, 6.07) is 0.115. The molecule has 1 unspecified atom stereocenters. The summed E-state index contributed by atoms with van der Waals surface area (Å²) in [5.74, 6) is 0.846. The summed E-state index contributed by atoms with van der Waals surface area (Å²) in [7, 11) is -3.51. The van der Waals surface area contributed by atoms with Gasteiger partial charge in [0.05, 0.1) is 12.8 Å². The predicted molar refractivity (Wildman–Crippen MR) is 84.2 cm³/mol. The van der Waals surface area contributed by atoms with Gasteiger partial charge in [-0.25, -0.2) is 13.4 Å². The minimum Gasteiger partial charge on any atom is -0.395 e. The molecule has 0 spiro atoms. The van der Waals surface area contributed by atoms with Crippen molar-refractivity contribution >= 4 is 10.0 Å². The zero-order chi connectivity index (χ0) is 16.3. The summed E-state index contributed by atoms with van der Waals surface area (Å²) in [5.41, 5.74) is 0. The van der Waals surface area contributed by atoms with Crippen LogP contribution in [0.25, 0.3) is 0 Å². The van der Waals surface area contributed by atoms with Crippen molar-refractivity contribution in [1.29, 1.82) is 0 Å². The Kier molecular flexibility index (Phi) is 5.60. The molecule has 0 bridgehead atoms. The lowest BCUT2D eigenvalue weighted by atomic mass is 10.2. The van der Waals surface area contributed by atoms with Crippen LogP contribution in [-0.2, 0) is 10.0 Å². The molecular weight excluding hydrogens is 304 g/mol. The van der Waals surface area contributed by atoms with Gasteiger partial charge in [-0.1, -0.05) is 20.8 Å². The largest absolute Gasteiger partial charge is 0.395 e. The molecule has 2 N–H and O–H groups in total. The Balaban J connectivity index is 2.06. The van der Waals surface area contributed by atoms with E-state index in [1.807, 2.05) is 20.8 Å². The lowest BCUT2D eigenvalue weighted by molar-refractivity contribution is 0.0880. The molecule has 1 aliphatic rings. The van der Waals surface area contributed by atoms with Gasteiger partial charge in [-0.2, -0.15) is 4.31 Å². The molecule has 0 amide bonds. The van der Waals surface area contributed by atoms with E-state index >= 15 is 0 Å². The van der Waals surface area contributed by atoms with Gasteiger partial charge < -0.3 is 10.1 Å². The van der Waals surface area contributed by atoms with Crippen molar-refractivity contribution in [2.75, 3.05) is 32.8 Å². The van der Waals surface area contributed by atoms with Crippen LogP contribution < -0.4 is 0 Å². The number of hydrogen-bond donors (Lipinski definition) is 2. The Morgan fingerprint density at radius 1 is 1.32 bits per heavy atom. The zero-order valence-corrected chi connectivity index (χ0v) is 14.3. The van der Waals surface area contributed by atoms with Gasteiger partial charge >= 0.3 is 0 Å². The second kappa shape index (κ2) is 7.08. The molecule has 126 valence electrons. The Labute approximate surface area is 132 Å². The Hall–Kier alpha value is -0.960. The van der Waals surface area contributed by atoms with E-state index in [4.69, 9.17) is 0 Å². The number of nitrogens with one attached hydrogen (secondary N) is 1. The van der Waals surface area contributed by atoms with Gasteiger partial charge in [0.1, 0.15) is 5.82 Å². The van der Waals surface area contributed by atoms with E-state index in [1.54, 1.807) is 0 Å².